The molecular weight excluding hydrogens is 362 g/mol. The van der Waals surface area contributed by atoms with Crippen LogP contribution in [0, 0.1) is 13.8 Å². The van der Waals surface area contributed by atoms with E-state index in [0.29, 0.717) is 6.54 Å². The van der Waals surface area contributed by atoms with Crippen molar-refractivity contribution in [1.29, 1.82) is 0 Å². The Hall–Kier alpha value is -2.60. The number of hydrogen-bond donors (Lipinski definition) is 2. The van der Waals surface area contributed by atoms with Crippen LogP contribution in [0.15, 0.2) is 41.5 Å². The number of pyridine rings is 1. The minimum atomic E-state index is 0.238. The first-order valence-corrected chi connectivity index (χ1v) is 10.4. The second-order valence-electron chi connectivity index (χ2n) is 7.63. The molecule has 156 valence electrons. The second kappa shape index (κ2) is 10.3. The average Bonchev–Trinajstić information content (AvgIpc) is 2.71. The van der Waals surface area contributed by atoms with Crippen LogP contribution in [0.2, 0.25) is 0 Å². The van der Waals surface area contributed by atoms with Gasteiger partial charge in [-0.25, -0.2) is 9.98 Å². The number of morpholine rings is 1. The molecular formula is C23H33N5O. The molecule has 0 bridgehead atoms. The number of rotatable bonds is 6. The molecule has 0 amide bonds. The number of aliphatic imine (C=N–C) groups is 1. The number of nitrogens with one attached hydrogen (secondary N) is 2. The van der Waals surface area contributed by atoms with Crippen LogP contribution >= 0.6 is 0 Å². The molecule has 1 unspecified atom stereocenters. The zero-order valence-electron chi connectivity index (χ0n) is 18.0. The van der Waals surface area contributed by atoms with Crippen molar-refractivity contribution in [2.24, 2.45) is 4.99 Å². The predicted molar refractivity (Wildman–Crippen MR) is 119 cm³/mol. The van der Waals surface area contributed by atoms with E-state index in [4.69, 9.17) is 9.73 Å². The summed E-state index contributed by atoms with van der Waals surface area (Å²) in [5.41, 5.74) is 5.02. The van der Waals surface area contributed by atoms with Crippen LogP contribution in [-0.2, 0) is 17.8 Å². The number of aromatic nitrogens is 1. The van der Waals surface area contributed by atoms with Crippen molar-refractivity contribution in [3.05, 3.63) is 58.8 Å². The second-order valence-corrected chi connectivity index (χ2v) is 7.63. The van der Waals surface area contributed by atoms with Gasteiger partial charge in [-0.2, -0.15) is 0 Å². The topological polar surface area (TPSA) is 61.8 Å². The number of nitrogens with zero attached hydrogens (tertiary/aromatic N) is 3. The first kappa shape index (κ1) is 21.1. The van der Waals surface area contributed by atoms with Gasteiger partial charge >= 0.3 is 0 Å². The summed E-state index contributed by atoms with van der Waals surface area (Å²) in [6.45, 7) is 13.1. The van der Waals surface area contributed by atoms with Gasteiger partial charge in [0.25, 0.3) is 0 Å². The molecule has 1 aliphatic rings. The van der Waals surface area contributed by atoms with Gasteiger partial charge in [-0.3, -0.25) is 0 Å². The van der Waals surface area contributed by atoms with Crippen molar-refractivity contribution in [2.45, 2.75) is 46.9 Å². The number of aryl methyl sites for hydroxylation is 2. The highest BCUT2D eigenvalue weighted by molar-refractivity contribution is 5.79. The molecule has 1 atom stereocenters. The van der Waals surface area contributed by atoms with Gasteiger partial charge in [-0.1, -0.05) is 23.8 Å². The minimum Gasteiger partial charge on any atom is -0.375 e. The normalized spacial score (nSPS) is 17.3. The highest BCUT2D eigenvalue weighted by atomic mass is 16.5. The van der Waals surface area contributed by atoms with E-state index in [9.17, 15) is 0 Å². The maximum Gasteiger partial charge on any atom is 0.191 e. The van der Waals surface area contributed by atoms with Crippen LogP contribution in [-0.4, -0.2) is 43.3 Å². The van der Waals surface area contributed by atoms with Gasteiger partial charge in [-0.05, 0) is 56.5 Å². The summed E-state index contributed by atoms with van der Waals surface area (Å²) in [5.74, 6) is 1.83. The summed E-state index contributed by atoms with van der Waals surface area (Å²) < 4.78 is 5.64. The van der Waals surface area contributed by atoms with Crippen molar-refractivity contribution in [2.75, 3.05) is 31.1 Å². The summed E-state index contributed by atoms with van der Waals surface area (Å²) in [6, 6.07) is 10.7. The lowest BCUT2D eigenvalue weighted by Crippen LogP contribution is -2.41. The molecule has 0 saturated carbocycles. The Balaban J connectivity index is 1.64. The van der Waals surface area contributed by atoms with Gasteiger partial charge in [0.05, 0.1) is 19.3 Å². The predicted octanol–water partition coefficient (Wildman–Crippen LogP) is 3.18. The fourth-order valence-electron chi connectivity index (χ4n) is 3.49. The maximum atomic E-state index is 5.64. The smallest absolute Gasteiger partial charge is 0.191 e. The highest BCUT2D eigenvalue weighted by Gasteiger charge is 2.18. The standard InChI is InChI=1S/C23H33N5O/c1-5-24-23(27-15-21-7-6-17(2)12-18(21)3)26-14-20-8-9-25-22(13-20)28-10-11-29-19(4)16-28/h6-9,12-13,19H,5,10-11,14-16H2,1-4H3,(H2,24,26,27). The summed E-state index contributed by atoms with van der Waals surface area (Å²) >= 11 is 0. The molecule has 0 spiro atoms. The molecule has 0 radical (unpaired) electrons. The number of anilines is 1. The van der Waals surface area contributed by atoms with E-state index >= 15 is 0 Å². The van der Waals surface area contributed by atoms with Gasteiger partial charge in [0.2, 0.25) is 0 Å². The molecule has 2 N–H and O–H groups in total. The Bertz CT molecular complexity index is 836. The SMILES string of the molecule is CCNC(=NCc1ccnc(N2CCOC(C)C2)c1)NCc1ccc(C)cc1C. The van der Waals surface area contributed by atoms with Crippen molar-refractivity contribution in [3.8, 4) is 0 Å². The van der Waals surface area contributed by atoms with Crippen LogP contribution in [0.4, 0.5) is 5.82 Å². The first-order chi connectivity index (χ1) is 14.0. The average molecular weight is 396 g/mol. The molecule has 1 fully saturated rings. The van der Waals surface area contributed by atoms with Crippen LogP contribution < -0.4 is 15.5 Å². The molecule has 1 aliphatic heterocycles. The Morgan fingerprint density at radius 3 is 2.86 bits per heavy atom. The Morgan fingerprint density at radius 1 is 1.24 bits per heavy atom. The van der Waals surface area contributed by atoms with Crippen molar-refractivity contribution < 1.29 is 4.74 Å². The van der Waals surface area contributed by atoms with Gasteiger partial charge < -0.3 is 20.3 Å². The Morgan fingerprint density at radius 2 is 2.10 bits per heavy atom. The van der Waals surface area contributed by atoms with Crippen molar-refractivity contribution in [1.82, 2.24) is 15.6 Å². The third-order valence-corrected chi connectivity index (χ3v) is 5.08. The quantitative estimate of drug-likeness (QED) is 0.581. The molecule has 6 heteroatoms. The number of guanidine groups is 1. The van der Waals surface area contributed by atoms with Gasteiger partial charge in [0, 0.05) is 32.4 Å². The highest BCUT2D eigenvalue weighted by Crippen LogP contribution is 2.17. The van der Waals surface area contributed by atoms with Gasteiger partial charge in [0.15, 0.2) is 5.96 Å². The van der Waals surface area contributed by atoms with E-state index in [1.807, 2.05) is 12.3 Å². The molecule has 0 aliphatic carbocycles. The number of ether oxygens (including phenoxy) is 1. The molecule has 3 rings (SSSR count). The Labute approximate surface area is 174 Å². The summed E-state index contributed by atoms with van der Waals surface area (Å²) in [7, 11) is 0. The molecule has 1 aromatic heterocycles. The lowest BCUT2D eigenvalue weighted by Gasteiger charge is -2.32. The van der Waals surface area contributed by atoms with Crippen molar-refractivity contribution >= 4 is 11.8 Å². The Kier molecular flexibility index (Phi) is 7.47. The van der Waals surface area contributed by atoms with Crippen LogP contribution in [0.3, 0.4) is 0 Å². The molecule has 1 saturated heterocycles. The van der Waals surface area contributed by atoms with Gasteiger partial charge in [0.1, 0.15) is 5.82 Å². The largest absolute Gasteiger partial charge is 0.375 e. The number of hydrogen-bond acceptors (Lipinski definition) is 4. The van der Waals surface area contributed by atoms with E-state index < -0.39 is 0 Å². The molecule has 2 heterocycles. The van der Waals surface area contributed by atoms with E-state index in [1.165, 1.54) is 16.7 Å². The lowest BCUT2D eigenvalue weighted by atomic mass is 10.1. The maximum absolute atomic E-state index is 5.64. The summed E-state index contributed by atoms with van der Waals surface area (Å²) in [6.07, 6.45) is 2.11. The van der Waals surface area contributed by atoms with E-state index in [2.05, 4.69) is 72.5 Å². The summed E-state index contributed by atoms with van der Waals surface area (Å²) in [5, 5.41) is 6.78. The van der Waals surface area contributed by atoms with Gasteiger partial charge in [-0.15, -0.1) is 0 Å². The number of benzene rings is 1. The third kappa shape index (κ3) is 6.19. The first-order valence-electron chi connectivity index (χ1n) is 10.4. The fourth-order valence-corrected chi connectivity index (χ4v) is 3.49. The molecule has 6 nitrogen and oxygen atoms in total. The molecule has 1 aromatic carbocycles. The monoisotopic (exact) mass is 395 g/mol. The zero-order valence-corrected chi connectivity index (χ0v) is 18.0. The third-order valence-electron chi connectivity index (χ3n) is 5.08. The van der Waals surface area contributed by atoms with E-state index in [0.717, 1.165) is 50.1 Å². The van der Waals surface area contributed by atoms with Crippen LogP contribution in [0.1, 0.15) is 36.1 Å². The molecule has 29 heavy (non-hydrogen) atoms. The summed E-state index contributed by atoms with van der Waals surface area (Å²) in [4.78, 5) is 11.6. The zero-order chi connectivity index (χ0) is 20.6. The minimum absolute atomic E-state index is 0.238. The fraction of sp³-hybridized carbons (Fsp3) is 0.478. The van der Waals surface area contributed by atoms with Crippen LogP contribution in [0.5, 0.6) is 0 Å². The van der Waals surface area contributed by atoms with Crippen molar-refractivity contribution in [3.63, 3.8) is 0 Å². The van der Waals surface area contributed by atoms with Crippen LogP contribution in [0.25, 0.3) is 0 Å². The van der Waals surface area contributed by atoms with E-state index in [1.54, 1.807) is 0 Å². The lowest BCUT2D eigenvalue weighted by molar-refractivity contribution is 0.0529. The van der Waals surface area contributed by atoms with E-state index in [-0.39, 0.29) is 6.10 Å². The molecule has 2 aromatic rings.